The summed E-state index contributed by atoms with van der Waals surface area (Å²) < 4.78 is 17.3. The van der Waals surface area contributed by atoms with E-state index >= 15 is 0 Å². The van der Waals surface area contributed by atoms with Crippen LogP contribution < -0.4 is 5.11 Å². The molecule has 0 heterocycles. The van der Waals surface area contributed by atoms with E-state index in [-0.39, 0.29) is 42.7 Å². The summed E-state index contributed by atoms with van der Waals surface area (Å²) >= 11 is 0. The second kappa shape index (κ2) is 48.3. The molecular formula is C57H107NO7. The highest BCUT2D eigenvalue weighted by atomic mass is 16.6. The zero-order chi connectivity index (χ0) is 47.7. The van der Waals surface area contributed by atoms with Crippen LogP contribution in [0.5, 0.6) is 0 Å². The summed E-state index contributed by atoms with van der Waals surface area (Å²) in [6, 6.07) is -0.725. The summed E-state index contributed by atoms with van der Waals surface area (Å²) in [4.78, 5) is 37.1. The number of likely N-dealkylation sites (N-methyl/N-ethyl adjacent to an activating group) is 1. The van der Waals surface area contributed by atoms with Gasteiger partial charge in [-0.2, -0.15) is 0 Å². The number of carboxylic acid groups (broad SMARTS) is 1. The van der Waals surface area contributed by atoms with Crippen molar-refractivity contribution in [2.75, 3.05) is 41.0 Å². The molecule has 2 unspecified atom stereocenters. The lowest BCUT2D eigenvalue weighted by Crippen LogP contribution is -2.55. The predicted molar refractivity (Wildman–Crippen MR) is 273 cm³/mol. The van der Waals surface area contributed by atoms with E-state index in [2.05, 4.69) is 38.2 Å². The Hall–Kier alpha value is -2.19. The molecule has 0 bridgehead atoms. The van der Waals surface area contributed by atoms with Crippen LogP contribution in [0, 0.1) is 0 Å². The summed E-state index contributed by atoms with van der Waals surface area (Å²) in [5.41, 5.74) is 0. The number of ether oxygens (including phenoxy) is 3. The van der Waals surface area contributed by atoms with Crippen molar-refractivity contribution in [3.63, 3.8) is 0 Å². The lowest BCUT2D eigenvalue weighted by Gasteiger charge is -2.34. The molecule has 382 valence electrons. The van der Waals surface area contributed by atoms with Crippen molar-refractivity contribution in [1.82, 2.24) is 0 Å². The van der Waals surface area contributed by atoms with Gasteiger partial charge in [-0.1, -0.05) is 231 Å². The van der Waals surface area contributed by atoms with E-state index in [1.165, 1.54) is 186 Å². The third-order valence-corrected chi connectivity index (χ3v) is 12.8. The number of hydrogen-bond acceptors (Lipinski definition) is 7. The van der Waals surface area contributed by atoms with Crippen LogP contribution in [-0.2, 0) is 28.6 Å². The molecule has 0 fully saturated rings. The van der Waals surface area contributed by atoms with Gasteiger partial charge in [0, 0.05) is 19.3 Å². The number of rotatable bonds is 51. The number of carbonyl (C=O) groups excluding carboxylic acids is 3. The molecule has 0 aromatic carbocycles. The van der Waals surface area contributed by atoms with E-state index < -0.39 is 18.1 Å². The molecule has 2 atom stereocenters. The van der Waals surface area contributed by atoms with Crippen molar-refractivity contribution < 1.29 is 38.2 Å². The van der Waals surface area contributed by atoms with Crippen molar-refractivity contribution in [1.29, 1.82) is 0 Å². The van der Waals surface area contributed by atoms with E-state index in [0.717, 1.165) is 51.4 Å². The monoisotopic (exact) mass is 918 g/mol. The minimum Gasteiger partial charge on any atom is -0.544 e. The summed E-state index contributed by atoms with van der Waals surface area (Å²) in [5, 5.41) is 11.7. The highest BCUT2D eigenvalue weighted by molar-refractivity contribution is 5.70. The van der Waals surface area contributed by atoms with Gasteiger partial charge in [0.15, 0.2) is 6.10 Å². The van der Waals surface area contributed by atoms with Crippen molar-refractivity contribution in [3.05, 3.63) is 24.3 Å². The van der Waals surface area contributed by atoms with Crippen LogP contribution >= 0.6 is 0 Å². The van der Waals surface area contributed by atoms with E-state index in [9.17, 15) is 19.5 Å². The number of unbranched alkanes of at least 4 members (excludes halogenated alkanes) is 33. The average Bonchev–Trinajstić information content (AvgIpc) is 3.27. The second-order valence-corrected chi connectivity index (χ2v) is 20.2. The normalized spacial score (nSPS) is 12.9. The fourth-order valence-electron chi connectivity index (χ4n) is 8.52. The number of nitrogens with zero attached hydrogens (tertiary/aromatic N) is 1. The fraction of sp³-hybridized carbons (Fsp3) is 0.877. The number of hydrogen-bond donors (Lipinski definition) is 0. The van der Waals surface area contributed by atoms with Crippen molar-refractivity contribution in [3.8, 4) is 0 Å². The number of aliphatic carboxylic acids is 1. The van der Waals surface area contributed by atoms with Gasteiger partial charge in [-0.3, -0.25) is 9.59 Å². The molecule has 0 aromatic rings. The van der Waals surface area contributed by atoms with Crippen molar-refractivity contribution in [2.24, 2.45) is 0 Å². The Kier molecular flexibility index (Phi) is 46.6. The highest BCUT2D eigenvalue weighted by Gasteiger charge is 2.25. The van der Waals surface area contributed by atoms with Crippen molar-refractivity contribution >= 4 is 17.9 Å². The fourth-order valence-corrected chi connectivity index (χ4v) is 8.52. The Bertz CT molecular complexity index is 1120. The van der Waals surface area contributed by atoms with Gasteiger partial charge in [0.1, 0.15) is 12.6 Å². The zero-order valence-electron chi connectivity index (χ0n) is 43.7. The average molecular weight is 918 g/mol. The zero-order valence-corrected chi connectivity index (χ0v) is 43.7. The summed E-state index contributed by atoms with van der Waals surface area (Å²) in [7, 11) is 5.43. The largest absolute Gasteiger partial charge is 0.544 e. The molecule has 0 aliphatic carbocycles. The molecule has 0 amide bonds. The third-order valence-electron chi connectivity index (χ3n) is 12.8. The first-order chi connectivity index (χ1) is 31.6. The smallest absolute Gasteiger partial charge is 0.306 e. The summed E-state index contributed by atoms with van der Waals surface area (Å²) in [6.45, 7) is 4.69. The van der Waals surface area contributed by atoms with E-state index in [1.54, 1.807) is 0 Å². The number of allylic oxidation sites excluding steroid dienone is 4. The van der Waals surface area contributed by atoms with Crippen LogP contribution in [0.25, 0.3) is 0 Å². The summed E-state index contributed by atoms with van der Waals surface area (Å²) in [5.74, 6) is -1.72. The first-order valence-electron chi connectivity index (χ1n) is 27.9. The van der Waals surface area contributed by atoms with Gasteiger partial charge in [-0.05, 0) is 44.9 Å². The van der Waals surface area contributed by atoms with Gasteiger partial charge in [0.25, 0.3) is 0 Å². The molecule has 0 radical (unpaired) electrons. The number of carboxylic acids is 1. The number of quaternary nitrogens is 1. The maximum atomic E-state index is 12.8. The molecule has 8 heteroatoms. The van der Waals surface area contributed by atoms with Crippen LogP contribution in [0.3, 0.4) is 0 Å². The van der Waals surface area contributed by atoms with Crippen LogP contribution in [0.2, 0.25) is 0 Å². The summed E-state index contributed by atoms with van der Waals surface area (Å²) in [6.07, 6.45) is 56.4. The second-order valence-electron chi connectivity index (χ2n) is 20.2. The lowest BCUT2D eigenvalue weighted by molar-refractivity contribution is -0.889. The predicted octanol–water partition coefficient (Wildman–Crippen LogP) is 15.0. The molecule has 8 nitrogen and oxygen atoms in total. The van der Waals surface area contributed by atoms with Crippen LogP contribution in [-0.4, -0.2) is 75.5 Å². The first kappa shape index (κ1) is 62.8. The van der Waals surface area contributed by atoms with E-state index in [4.69, 9.17) is 14.2 Å². The Morgan fingerprint density at radius 3 is 1.20 bits per heavy atom. The van der Waals surface area contributed by atoms with Gasteiger partial charge in [-0.25, -0.2) is 0 Å². The molecule has 0 N–H and O–H groups in total. The maximum Gasteiger partial charge on any atom is 0.306 e. The van der Waals surface area contributed by atoms with Crippen LogP contribution in [0.15, 0.2) is 24.3 Å². The number of esters is 2. The SMILES string of the molecule is CCCCCC/C=C\C/C=C\CCCCCCCCCC(=O)OC(COCCC(C(=O)[O-])[N+](C)(C)C)COC(=O)CCCCCCCCCCCCCCCCCCCCCCCCC. The Morgan fingerprint density at radius 1 is 0.462 bits per heavy atom. The quantitative estimate of drug-likeness (QED) is 0.0259. The van der Waals surface area contributed by atoms with Crippen LogP contribution in [0.4, 0.5) is 0 Å². The van der Waals surface area contributed by atoms with Gasteiger partial charge >= 0.3 is 11.9 Å². The van der Waals surface area contributed by atoms with Crippen molar-refractivity contribution in [2.45, 2.75) is 283 Å². The standard InChI is InChI=1S/C57H107NO7/c1-6-8-10-12-14-16-18-20-22-24-26-27-28-29-30-32-33-35-37-39-41-43-45-47-55(59)64-52-53(51-63-50-49-54(57(61)62)58(3,4)5)65-56(60)48-46-44-42-40-38-36-34-31-25-23-21-19-17-15-13-11-9-7-2/h17,19,23,25,53-54H,6-16,18,20-22,24,26-52H2,1-5H3/b19-17-,25-23-. The van der Waals surface area contributed by atoms with Gasteiger partial charge in [0.2, 0.25) is 0 Å². The molecule has 0 aliphatic rings. The number of carbonyl (C=O) groups is 3. The third kappa shape index (κ3) is 46.7. The minimum atomic E-state index is -1.12. The molecule has 0 rings (SSSR count). The molecule has 0 saturated carbocycles. The topological polar surface area (TPSA) is 102 Å². The van der Waals surface area contributed by atoms with E-state index in [1.807, 2.05) is 21.1 Å². The molecule has 65 heavy (non-hydrogen) atoms. The van der Waals surface area contributed by atoms with E-state index in [0.29, 0.717) is 12.8 Å². The molecule has 0 aromatic heterocycles. The van der Waals surface area contributed by atoms with Gasteiger partial charge < -0.3 is 28.6 Å². The first-order valence-corrected chi connectivity index (χ1v) is 27.9. The van der Waals surface area contributed by atoms with Gasteiger partial charge in [0.05, 0.1) is 40.3 Å². The lowest BCUT2D eigenvalue weighted by atomic mass is 10.0. The van der Waals surface area contributed by atoms with Gasteiger partial charge in [-0.15, -0.1) is 0 Å². The Labute approximate surface area is 402 Å². The van der Waals surface area contributed by atoms with Crippen LogP contribution in [0.1, 0.15) is 271 Å². The minimum absolute atomic E-state index is 0.0420. The molecule has 0 saturated heterocycles. The Balaban J connectivity index is 4.15. The highest BCUT2D eigenvalue weighted by Crippen LogP contribution is 2.17. The Morgan fingerprint density at radius 2 is 0.815 bits per heavy atom. The molecular weight excluding hydrogens is 811 g/mol. The molecule has 0 spiro atoms. The maximum absolute atomic E-state index is 12.8. The molecule has 0 aliphatic heterocycles.